The maximum atomic E-state index is 10.9. The van der Waals surface area contributed by atoms with E-state index in [1.807, 2.05) is 6.92 Å². The molecule has 5 heteroatoms. The van der Waals surface area contributed by atoms with E-state index in [4.69, 9.17) is 14.6 Å². The van der Waals surface area contributed by atoms with Crippen LogP contribution < -0.4 is 0 Å². The molecular weight excluding hydrogens is 222 g/mol. The Bertz CT molecular complexity index is 373. The third kappa shape index (κ3) is 3.87. The molecule has 1 rings (SSSR count). The van der Waals surface area contributed by atoms with Gasteiger partial charge in [0.15, 0.2) is 0 Å². The van der Waals surface area contributed by atoms with Crippen LogP contribution in [0.25, 0.3) is 0 Å². The molecule has 1 aromatic heterocycles. The molecule has 1 heterocycles. The predicted octanol–water partition coefficient (Wildman–Crippen LogP) is 1.49. The first kappa shape index (κ1) is 13.7. The summed E-state index contributed by atoms with van der Waals surface area (Å²) in [5.74, 6) is 0.126. The second-order valence-corrected chi connectivity index (χ2v) is 3.93. The number of nitrogens with zero attached hydrogens (tertiary/aromatic N) is 1. The largest absolute Gasteiger partial charge is 0.478 e. The van der Waals surface area contributed by atoms with Gasteiger partial charge in [-0.05, 0) is 26.0 Å². The fraction of sp³-hybridized carbons (Fsp3) is 0.583. The molecule has 0 amide bonds. The minimum atomic E-state index is -0.962. The van der Waals surface area contributed by atoms with E-state index in [0.717, 1.165) is 13.1 Å². The first-order valence-electron chi connectivity index (χ1n) is 5.74. The molecule has 96 valence electrons. The van der Waals surface area contributed by atoms with Gasteiger partial charge in [0.05, 0.1) is 6.54 Å². The van der Waals surface area contributed by atoms with Gasteiger partial charge in [0, 0.05) is 13.2 Å². The summed E-state index contributed by atoms with van der Waals surface area (Å²) >= 11 is 0. The van der Waals surface area contributed by atoms with Crippen LogP contribution in [0.3, 0.4) is 0 Å². The van der Waals surface area contributed by atoms with Crippen LogP contribution in [0.5, 0.6) is 0 Å². The molecule has 2 N–H and O–H groups in total. The van der Waals surface area contributed by atoms with Crippen molar-refractivity contribution in [2.75, 3.05) is 19.7 Å². The highest BCUT2D eigenvalue weighted by molar-refractivity contribution is 5.88. The van der Waals surface area contributed by atoms with Crippen molar-refractivity contribution in [1.29, 1.82) is 0 Å². The summed E-state index contributed by atoms with van der Waals surface area (Å²) in [6.45, 7) is 6.01. The standard InChI is InChI=1S/C12H19NO4/c1-3-13(5-4-6-14)8-10-7-11(12(15)16)9(2)17-10/h7,14H,3-6,8H2,1-2H3,(H,15,16). The van der Waals surface area contributed by atoms with Gasteiger partial charge in [-0.2, -0.15) is 0 Å². The number of carbonyl (C=O) groups is 1. The highest BCUT2D eigenvalue weighted by atomic mass is 16.4. The molecule has 0 radical (unpaired) electrons. The van der Waals surface area contributed by atoms with Gasteiger partial charge in [-0.15, -0.1) is 0 Å². The zero-order valence-corrected chi connectivity index (χ0v) is 10.3. The normalized spacial score (nSPS) is 11.1. The van der Waals surface area contributed by atoms with Crippen molar-refractivity contribution in [2.24, 2.45) is 0 Å². The molecule has 1 aromatic rings. The van der Waals surface area contributed by atoms with Gasteiger partial charge >= 0.3 is 5.97 Å². The van der Waals surface area contributed by atoms with Crippen LogP contribution in [0.4, 0.5) is 0 Å². The summed E-state index contributed by atoms with van der Waals surface area (Å²) in [6, 6.07) is 1.57. The SMILES string of the molecule is CCN(CCCO)Cc1cc(C(=O)O)c(C)o1. The zero-order chi connectivity index (χ0) is 12.8. The first-order valence-corrected chi connectivity index (χ1v) is 5.74. The van der Waals surface area contributed by atoms with Crippen LogP contribution in [0.1, 0.15) is 35.2 Å². The van der Waals surface area contributed by atoms with Gasteiger partial charge in [-0.3, -0.25) is 4.90 Å². The van der Waals surface area contributed by atoms with Crippen molar-refractivity contribution in [1.82, 2.24) is 4.90 Å². The molecular formula is C12H19NO4. The Morgan fingerprint density at radius 1 is 1.53 bits per heavy atom. The van der Waals surface area contributed by atoms with Gasteiger partial charge in [0.25, 0.3) is 0 Å². The van der Waals surface area contributed by atoms with Gasteiger partial charge in [0.1, 0.15) is 17.1 Å². The van der Waals surface area contributed by atoms with Crippen LogP contribution in [0.2, 0.25) is 0 Å². The van der Waals surface area contributed by atoms with Gasteiger partial charge in [-0.1, -0.05) is 6.92 Å². The third-order valence-corrected chi connectivity index (χ3v) is 2.66. The molecule has 0 aromatic carbocycles. The van der Waals surface area contributed by atoms with Crippen molar-refractivity contribution >= 4 is 5.97 Å². The molecule has 0 aliphatic carbocycles. The minimum absolute atomic E-state index is 0.161. The van der Waals surface area contributed by atoms with E-state index in [1.54, 1.807) is 13.0 Å². The van der Waals surface area contributed by atoms with Crippen molar-refractivity contribution in [2.45, 2.75) is 26.8 Å². The fourth-order valence-corrected chi connectivity index (χ4v) is 1.70. The van der Waals surface area contributed by atoms with E-state index in [2.05, 4.69) is 4.90 Å². The Morgan fingerprint density at radius 2 is 2.24 bits per heavy atom. The number of carboxylic acids is 1. The van der Waals surface area contributed by atoms with E-state index >= 15 is 0 Å². The zero-order valence-electron chi connectivity index (χ0n) is 10.3. The number of aryl methyl sites for hydroxylation is 1. The molecule has 0 saturated carbocycles. The highest BCUT2D eigenvalue weighted by Gasteiger charge is 2.15. The van der Waals surface area contributed by atoms with Crippen LogP contribution in [-0.2, 0) is 6.54 Å². The number of aromatic carboxylic acids is 1. The van der Waals surface area contributed by atoms with E-state index in [1.165, 1.54) is 0 Å². The van der Waals surface area contributed by atoms with Crippen LogP contribution in [0.15, 0.2) is 10.5 Å². The van der Waals surface area contributed by atoms with Crippen LogP contribution in [-0.4, -0.2) is 40.8 Å². The lowest BCUT2D eigenvalue weighted by Gasteiger charge is -2.18. The van der Waals surface area contributed by atoms with E-state index < -0.39 is 5.97 Å². The summed E-state index contributed by atoms with van der Waals surface area (Å²) in [7, 11) is 0. The van der Waals surface area contributed by atoms with E-state index in [-0.39, 0.29) is 12.2 Å². The minimum Gasteiger partial charge on any atom is -0.478 e. The van der Waals surface area contributed by atoms with Crippen molar-refractivity contribution < 1.29 is 19.4 Å². The van der Waals surface area contributed by atoms with Gasteiger partial charge in [-0.25, -0.2) is 4.79 Å². The number of furan rings is 1. The molecule has 0 bridgehead atoms. The highest BCUT2D eigenvalue weighted by Crippen LogP contribution is 2.16. The number of carboxylic acid groups (broad SMARTS) is 1. The van der Waals surface area contributed by atoms with E-state index in [9.17, 15) is 4.79 Å². The summed E-state index contributed by atoms with van der Waals surface area (Å²) in [5, 5.41) is 17.7. The lowest BCUT2D eigenvalue weighted by Crippen LogP contribution is -2.24. The van der Waals surface area contributed by atoms with Crippen molar-refractivity contribution in [3.63, 3.8) is 0 Å². The Kier molecular flexibility index (Phi) is 5.18. The molecule has 0 spiro atoms. The average Bonchev–Trinajstić information content (AvgIpc) is 2.65. The predicted molar refractivity (Wildman–Crippen MR) is 63.1 cm³/mol. The maximum absolute atomic E-state index is 10.9. The quantitative estimate of drug-likeness (QED) is 0.756. The van der Waals surface area contributed by atoms with Crippen LogP contribution >= 0.6 is 0 Å². The molecule has 0 aliphatic rings. The van der Waals surface area contributed by atoms with Gasteiger partial charge in [0.2, 0.25) is 0 Å². The molecule has 0 fully saturated rings. The Morgan fingerprint density at radius 3 is 2.71 bits per heavy atom. The number of hydrogen-bond donors (Lipinski definition) is 2. The summed E-state index contributed by atoms with van der Waals surface area (Å²) in [5.41, 5.74) is 0.221. The van der Waals surface area contributed by atoms with Crippen molar-refractivity contribution in [3.8, 4) is 0 Å². The maximum Gasteiger partial charge on any atom is 0.339 e. The molecule has 17 heavy (non-hydrogen) atoms. The van der Waals surface area contributed by atoms with E-state index in [0.29, 0.717) is 24.5 Å². The first-order chi connectivity index (χ1) is 8.08. The van der Waals surface area contributed by atoms with Crippen molar-refractivity contribution in [3.05, 3.63) is 23.2 Å². The Balaban J connectivity index is 2.66. The molecule has 0 aliphatic heterocycles. The lowest BCUT2D eigenvalue weighted by molar-refractivity contribution is 0.0695. The average molecular weight is 241 g/mol. The molecule has 0 unspecified atom stereocenters. The summed E-state index contributed by atoms with van der Waals surface area (Å²) in [6.07, 6.45) is 0.708. The van der Waals surface area contributed by atoms with Gasteiger partial charge < -0.3 is 14.6 Å². The number of hydrogen-bond acceptors (Lipinski definition) is 4. The summed E-state index contributed by atoms with van der Waals surface area (Å²) < 4.78 is 5.40. The molecule has 5 nitrogen and oxygen atoms in total. The third-order valence-electron chi connectivity index (χ3n) is 2.66. The topological polar surface area (TPSA) is 73.9 Å². The lowest BCUT2D eigenvalue weighted by atomic mass is 10.2. The molecule has 0 saturated heterocycles. The van der Waals surface area contributed by atoms with Crippen LogP contribution in [0, 0.1) is 6.92 Å². The number of aliphatic hydroxyl groups excluding tert-OH is 1. The Labute approximate surface area is 101 Å². The second kappa shape index (κ2) is 6.42. The Hall–Kier alpha value is -1.33. The monoisotopic (exact) mass is 241 g/mol. The summed E-state index contributed by atoms with van der Waals surface area (Å²) in [4.78, 5) is 13.0. The fourth-order valence-electron chi connectivity index (χ4n) is 1.70. The second-order valence-electron chi connectivity index (χ2n) is 3.93. The smallest absolute Gasteiger partial charge is 0.339 e. The number of rotatable bonds is 7. The molecule has 0 atom stereocenters. The number of aliphatic hydroxyl groups is 1.